The molecule has 1 amide bonds. The first-order chi connectivity index (χ1) is 12.3. The number of piperidine rings is 1. The van der Waals surface area contributed by atoms with Gasteiger partial charge in [0, 0.05) is 52.1 Å². The molecule has 0 unspecified atom stereocenters. The summed E-state index contributed by atoms with van der Waals surface area (Å²) in [5.74, 6) is 1.80. The van der Waals surface area contributed by atoms with Crippen LogP contribution in [0.15, 0.2) is 24.4 Å². The highest BCUT2D eigenvalue weighted by Crippen LogP contribution is 2.18. The second kappa shape index (κ2) is 9.15. The van der Waals surface area contributed by atoms with E-state index in [4.69, 9.17) is 4.74 Å². The van der Waals surface area contributed by atoms with Gasteiger partial charge in [-0.25, -0.2) is 4.98 Å². The normalized spacial score (nSPS) is 22.2. The Morgan fingerprint density at radius 2 is 2.08 bits per heavy atom. The van der Waals surface area contributed by atoms with Gasteiger partial charge in [-0.1, -0.05) is 6.07 Å². The predicted octanol–water partition coefficient (Wildman–Crippen LogP) is 1.48. The molecule has 2 aliphatic heterocycles. The van der Waals surface area contributed by atoms with Gasteiger partial charge < -0.3 is 14.5 Å². The number of pyridine rings is 1. The summed E-state index contributed by atoms with van der Waals surface area (Å²) in [6.45, 7) is 9.54. The SMILES string of the molecule is CCOC[C@@H]1CCCN(C(=O)CN2CCN(c3ccccn3)CC2)C1. The molecule has 0 spiro atoms. The lowest BCUT2D eigenvalue weighted by molar-refractivity contribution is -0.134. The lowest BCUT2D eigenvalue weighted by Gasteiger charge is -2.37. The second-order valence-corrected chi connectivity index (χ2v) is 6.96. The zero-order chi connectivity index (χ0) is 17.5. The summed E-state index contributed by atoms with van der Waals surface area (Å²) in [7, 11) is 0. The summed E-state index contributed by atoms with van der Waals surface area (Å²) < 4.78 is 5.55. The van der Waals surface area contributed by atoms with E-state index in [1.54, 1.807) is 0 Å². The monoisotopic (exact) mass is 346 g/mol. The summed E-state index contributed by atoms with van der Waals surface area (Å²) in [4.78, 5) is 23.7. The minimum absolute atomic E-state index is 0.271. The molecule has 25 heavy (non-hydrogen) atoms. The quantitative estimate of drug-likeness (QED) is 0.781. The number of nitrogens with zero attached hydrogens (tertiary/aromatic N) is 4. The van der Waals surface area contributed by atoms with Crippen molar-refractivity contribution >= 4 is 11.7 Å². The lowest BCUT2D eigenvalue weighted by Crippen LogP contribution is -2.51. The van der Waals surface area contributed by atoms with Crippen LogP contribution in [0.1, 0.15) is 19.8 Å². The fourth-order valence-electron chi connectivity index (χ4n) is 3.68. The topological polar surface area (TPSA) is 48.9 Å². The number of anilines is 1. The van der Waals surface area contributed by atoms with Crippen LogP contribution in [-0.4, -0.2) is 79.7 Å². The van der Waals surface area contributed by atoms with Crippen molar-refractivity contribution in [1.29, 1.82) is 0 Å². The van der Waals surface area contributed by atoms with Gasteiger partial charge in [0.05, 0.1) is 13.2 Å². The molecule has 2 saturated heterocycles. The van der Waals surface area contributed by atoms with Crippen LogP contribution in [0, 0.1) is 5.92 Å². The minimum atomic E-state index is 0.271. The van der Waals surface area contributed by atoms with Gasteiger partial charge in [0.25, 0.3) is 0 Å². The molecule has 6 nitrogen and oxygen atoms in total. The number of hydrogen-bond acceptors (Lipinski definition) is 5. The van der Waals surface area contributed by atoms with Crippen LogP contribution in [-0.2, 0) is 9.53 Å². The van der Waals surface area contributed by atoms with Crippen molar-refractivity contribution in [3.63, 3.8) is 0 Å². The van der Waals surface area contributed by atoms with Crippen LogP contribution in [0.25, 0.3) is 0 Å². The number of amides is 1. The predicted molar refractivity (Wildman–Crippen MR) is 98.7 cm³/mol. The third-order valence-corrected chi connectivity index (χ3v) is 5.13. The zero-order valence-electron chi connectivity index (χ0n) is 15.3. The highest BCUT2D eigenvalue weighted by Gasteiger charge is 2.26. The molecular formula is C19H30N4O2. The summed E-state index contributed by atoms with van der Waals surface area (Å²) in [6.07, 6.45) is 4.10. The molecule has 3 rings (SSSR count). The van der Waals surface area contributed by atoms with Crippen LogP contribution in [0.3, 0.4) is 0 Å². The standard InChI is InChI=1S/C19H30N4O2/c1-2-25-16-17-6-5-9-23(14-17)19(24)15-21-10-12-22(13-11-21)18-7-3-4-8-20-18/h3-4,7-8,17H,2,5-6,9-16H2,1H3/t17-/m1/s1. The van der Waals surface area contributed by atoms with Crippen LogP contribution in [0.5, 0.6) is 0 Å². The average molecular weight is 346 g/mol. The number of carbonyl (C=O) groups is 1. The van der Waals surface area contributed by atoms with Gasteiger partial charge >= 0.3 is 0 Å². The van der Waals surface area contributed by atoms with E-state index in [1.165, 1.54) is 6.42 Å². The van der Waals surface area contributed by atoms with E-state index in [9.17, 15) is 4.79 Å². The number of likely N-dealkylation sites (tertiary alicyclic amines) is 1. The Hall–Kier alpha value is -1.66. The molecule has 0 N–H and O–H groups in total. The number of aromatic nitrogens is 1. The van der Waals surface area contributed by atoms with Crippen LogP contribution in [0.4, 0.5) is 5.82 Å². The molecule has 0 aromatic carbocycles. The Balaban J connectivity index is 1.43. The molecule has 1 aromatic rings. The van der Waals surface area contributed by atoms with Crippen molar-refractivity contribution in [3.05, 3.63) is 24.4 Å². The van der Waals surface area contributed by atoms with Crippen LogP contribution >= 0.6 is 0 Å². The maximum Gasteiger partial charge on any atom is 0.236 e. The van der Waals surface area contributed by atoms with E-state index in [1.807, 2.05) is 36.2 Å². The Morgan fingerprint density at radius 1 is 1.24 bits per heavy atom. The number of piperazine rings is 1. The molecule has 6 heteroatoms. The molecule has 2 aliphatic rings. The first kappa shape index (κ1) is 18.1. The first-order valence-corrected chi connectivity index (χ1v) is 9.50. The second-order valence-electron chi connectivity index (χ2n) is 6.96. The van der Waals surface area contributed by atoms with Gasteiger partial charge in [-0.2, -0.15) is 0 Å². The maximum atomic E-state index is 12.7. The van der Waals surface area contributed by atoms with Gasteiger partial charge in [-0.15, -0.1) is 0 Å². The smallest absolute Gasteiger partial charge is 0.236 e. The Morgan fingerprint density at radius 3 is 2.80 bits per heavy atom. The van der Waals surface area contributed by atoms with Gasteiger partial charge in [-0.05, 0) is 37.8 Å². The van der Waals surface area contributed by atoms with E-state index in [0.29, 0.717) is 12.5 Å². The van der Waals surface area contributed by atoms with Crippen molar-refractivity contribution in [1.82, 2.24) is 14.8 Å². The van der Waals surface area contributed by atoms with Crippen molar-refractivity contribution in [2.24, 2.45) is 5.92 Å². The van der Waals surface area contributed by atoms with Crippen LogP contribution < -0.4 is 4.90 Å². The molecule has 1 atom stereocenters. The van der Waals surface area contributed by atoms with E-state index in [2.05, 4.69) is 14.8 Å². The largest absolute Gasteiger partial charge is 0.381 e. The summed E-state index contributed by atoms with van der Waals surface area (Å²) in [5, 5.41) is 0. The highest BCUT2D eigenvalue weighted by molar-refractivity contribution is 5.78. The number of carbonyl (C=O) groups excluding carboxylic acids is 1. The molecule has 3 heterocycles. The molecule has 2 fully saturated rings. The van der Waals surface area contributed by atoms with E-state index in [-0.39, 0.29) is 5.91 Å². The number of rotatable bonds is 6. The van der Waals surface area contributed by atoms with E-state index >= 15 is 0 Å². The van der Waals surface area contributed by atoms with Crippen LogP contribution in [0.2, 0.25) is 0 Å². The third-order valence-electron chi connectivity index (χ3n) is 5.13. The summed E-state index contributed by atoms with van der Waals surface area (Å²) >= 11 is 0. The molecule has 138 valence electrons. The van der Waals surface area contributed by atoms with E-state index < -0.39 is 0 Å². The fourth-order valence-corrected chi connectivity index (χ4v) is 3.68. The van der Waals surface area contributed by atoms with Gasteiger partial charge in [0.15, 0.2) is 0 Å². The van der Waals surface area contributed by atoms with Gasteiger partial charge in [0.1, 0.15) is 5.82 Å². The van der Waals surface area contributed by atoms with Crippen molar-refractivity contribution in [2.75, 3.05) is 63.9 Å². The highest BCUT2D eigenvalue weighted by atomic mass is 16.5. The Kier molecular flexibility index (Phi) is 6.64. The molecule has 0 saturated carbocycles. The molecule has 0 radical (unpaired) electrons. The Bertz CT molecular complexity index is 531. The average Bonchev–Trinajstić information content (AvgIpc) is 2.68. The van der Waals surface area contributed by atoms with E-state index in [0.717, 1.165) is 64.7 Å². The molecular weight excluding hydrogens is 316 g/mol. The van der Waals surface area contributed by atoms with Crippen molar-refractivity contribution < 1.29 is 9.53 Å². The number of hydrogen-bond donors (Lipinski definition) is 0. The van der Waals surface area contributed by atoms with Crippen molar-refractivity contribution in [2.45, 2.75) is 19.8 Å². The molecule has 0 bridgehead atoms. The van der Waals surface area contributed by atoms with Crippen molar-refractivity contribution in [3.8, 4) is 0 Å². The number of ether oxygens (including phenoxy) is 1. The zero-order valence-corrected chi connectivity index (χ0v) is 15.3. The minimum Gasteiger partial charge on any atom is -0.381 e. The summed E-state index contributed by atoms with van der Waals surface area (Å²) in [6, 6.07) is 6.01. The maximum absolute atomic E-state index is 12.7. The molecule has 0 aliphatic carbocycles. The van der Waals surface area contributed by atoms with Gasteiger partial charge in [0.2, 0.25) is 5.91 Å². The summed E-state index contributed by atoms with van der Waals surface area (Å²) in [5.41, 5.74) is 0. The van der Waals surface area contributed by atoms with Gasteiger partial charge in [-0.3, -0.25) is 9.69 Å². The third kappa shape index (κ3) is 5.16. The first-order valence-electron chi connectivity index (χ1n) is 9.50. The Labute approximate surface area is 150 Å². The lowest BCUT2D eigenvalue weighted by atomic mass is 9.99. The fraction of sp³-hybridized carbons (Fsp3) is 0.684. The molecule has 1 aromatic heterocycles.